The van der Waals surface area contributed by atoms with E-state index in [0.717, 1.165) is 22.5 Å². The highest BCUT2D eigenvalue weighted by atomic mass is 32.2. The number of nitrogens with one attached hydrogen (secondary N) is 1. The fourth-order valence-electron chi connectivity index (χ4n) is 2.01. The third kappa shape index (κ3) is 4.07. The summed E-state index contributed by atoms with van der Waals surface area (Å²) >= 11 is 0. The Balaban J connectivity index is 2.07. The van der Waals surface area contributed by atoms with Crippen molar-refractivity contribution in [2.24, 2.45) is 0 Å². The van der Waals surface area contributed by atoms with E-state index in [0.29, 0.717) is 5.75 Å². The lowest BCUT2D eigenvalue weighted by Gasteiger charge is -2.11. The number of anilines is 1. The van der Waals surface area contributed by atoms with Crippen LogP contribution in [-0.2, 0) is 16.6 Å². The van der Waals surface area contributed by atoms with Crippen molar-refractivity contribution < 1.29 is 4.21 Å². The van der Waals surface area contributed by atoms with Crippen molar-refractivity contribution in [3.05, 3.63) is 71.8 Å². The molecule has 1 N–H and O–H groups in total. The van der Waals surface area contributed by atoms with Gasteiger partial charge in [-0.1, -0.05) is 43.0 Å². The maximum absolute atomic E-state index is 11.2. The molecule has 1 atom stereocenters. The van der Waals surface area contributed by atoms with Crippen molar-refractivity contribution in [2.75, 3.05) is 11.6 Å². The SMILES string of the molecule is C=C(Nc1cccc(C)c1)c1ccc(CS(C)=O)cc1. The number of benzene rings is 2. The summed E-state index contributed by atoms with van der Waals surface area (Å²) in [5.41, 5.74) is 5.23. The van der Waals surface area contributed by atoms with Gasteiger partial charge in [0.2, 0.25) is 0 Å². The van der Waals surface area contributed by atoms with Crippen LogP contribution < -0.4 is 5.32 Å². The lowest BCUT2D eigenvalue weighted by Crippen LogP contribution is -1.98. The summed E-state index contributed by atoms with van der Waals surface area (Å²) in [6.45, 7) is 6.13. The number of aryl methyl sites for hydroxylation is 1. The predicted octanol–water partition coefficient (Wildman–Crippen LogP) is 3.96. The summed E-state index contributed by atoms with van der Waals surface area (Å²) in [5, 5.41) is 3.30. The molecular weight excluding hydrogens is 266 g/mol. The van der Waals surface area contributed by atoms with Gasteiger partial charge in [-0.05, 0) is 35.7 Å². The zero-order valence-electron chi connectivity index (χ0n) is 11.8. The second-order valence-electron chi connectivity index (χ2n) is 4.89. The first kappa shape index (κ1) is 14.5. The molecule has 2 aromatic carbocycles. The standard InChI is InChI=1S/C17H19NOS/c1-13-5-4-6-17(11-13)18-14(2)16-9-7-15(8-10-16)12-20(3)19/h4-11,18H,2,12H2,1,3H3. The molecule has 0 aromatic heterocycles. The fourth-order valence-corrected chi connectivity index (χ4v) is 2.67. The molecule has 0 bridgehead atoms. The summed E-state index contributed by atoms with van der Waals surface area (Å²) in [6, 6.07) is 16.2. The molecule has 0 aliphatic carbocycles. The number of hydrogen-bond donors (Lipinski definition) is 1. The van der Waals surface area contributed by atoms with E-state index < -0.39 is 10.8 Å². The van der Waals surface area contributed by atoms with Crippen LogP contribution in [-0.4, -0.2) is 10.5 Å². The number of rotatable bonds is 5. The fraction of sp³-hybridized carbons (Fsp3) is 0.176. The molecule has 2 rings (SSSR count). The average Bonchev–Trinajstić information content (AvgIpc) is 2.38. The second kappa shape index (κ2) is 6.53. The third-order valence-electron chi connectivity index (χ3n) is 2.99. The Morgan fingerprint density at radius 2 is 1.90 bits per heavy atom. The van der Waals surface area contributed by atoms with Crippen LogP contribution >= 0.6 is 0 Å². The van der Waals surface area contributed by atoms with E-state index >= 15 is 0 Å². The largest absolute Gasteiger partial charge is 0.356 e. The van der Waals surface area contributed by atoms with E-state index in [9.17, 15) is 4.21 Å². The van der Waals surface area contributed by atoms with Gasteiger partial charge in [-0.2, -0.15) is 0 Å². The minimum atomic E-state index is -0.806. The van der Waals surface area contributed by atoms with Gasteiger partial charge in [0.05, 0.1) is 0 Å². The third-order valence-corrected chi connectivity index (χ3v) is 3.73. The Morgan fingerprint density at radius 1 is 1.20 bits per heavy atom. The highest BCUT2D eigenvalue weighted by Crippen LogP contribution is 2.18. The van der Waals surface area contributed by atoms with Crippen LogP contribution in [0.25, 0.3) is 5.70 Å². The summed E-state index contributed by atoms with van der Waals surface area (Å²) in [5.74, 6) is 0.595. The molecule has 0 heterocycles. The predicted molar refractivity (Wildman–Crippen MR) is 88.0 cm³/mol. The molecule has 20 heavy (non-hydrogen) atoms. The van der Waals surface area contributed by atoms with Gasteiger partial charge in [-0.3, -0.25) is 4.21 Å². The van der Waals surface area contributed by atoms with Crippen molar-refractivity contribution in [2.45, 2.75) is 12.7 Å². The molecular formula is C17H19NOS. The summed E-state index contributed by atoms with van der Waals surface area (Å²) in [4.78, 5) is 0. The van der Waals surface area contributed by atoms with Gasteiger partial charge in [-0.25, -0.2) is 0 Å². The first-order valence-electron chi connectivity index (χ1n) is 6.46. The van der Waals surface area contributed by atoms with Crippen molar-refractivity contribution >= 4 is 22.2 Å². The Kier molecular flexibility index (Phi) is 4.74. The zero-order chi connectivity index (χ0) is 14.5. The molecule has 0 saturated carbocycles. The molecule has 0 fully saturated rings. The van der Waals surface area contributed by atoms with E-state index in [-0.39, 0.29) is 0 Å². The van der Waals surface area contributed by atoms with Crippen LogP contribution in [0.4, 0.5) is 5.69 Å². The molecule has 0 amide bonds. The molecule has 2 nitrogen and oxygen atoms in total. The molecule has 0 aliphatic heterocycles. The molecule has 2 aromatic rings. The summed E-state index contributed by atoms with van der Waals surface area (Å²) in [7, 11) is -0.806. The van der Waals surface area contributed by atoms with Crippen LogP contribution in [0.3, 0.4) is 0 Å². The van der Waals surface area contributed by atoms with Gasteiger partial charge in [0, 0.05) is 34.2 Å². The quantitative estimate of drug-likeness (QED) is 0.901. The van der Waals surface area contributed by atoms with Crippen molar-refractivity contribution in [3.63, 3.8) is 0 Å². The Bertz CT molecular complexity index is 632. The molecule has 0 aliphatic rings. The molecule has 0 radical (unpaired) electrons. The topological polar surface area (TPSA) is 29.1 Å². The summed E-state index contributed by atoms with van der Waals surface area (Å²) < 4.78 is 11.2. The summed E-state index contributed by atoms with van der Waals surface area (Å²) in [6.07, 6.45) is 1.71. The monoisotopic (exact) mass is 285 g/mol. The second-order valence-corrected chi connectivity index (χ2v) is 6.32. The first-order chi connectivity index (χ1) is 9.54. The highest BCUT2D eigenvalue weighted by Gasteiger charge is 2.01. The van der Waals surface area contributed by atoms with Crippen molar-refractivity contribution in [1.82, 2.24) is 0 Å². The Morgan fingerprint density at radius 3 is 2.50 bits per heavy atom. The van der Waals surface area contributed by atoms with E-state index in [2.05, 4.69) is 31.0 Å². The van der Waals surface area contributed by atoms with Crippen LogP contribution in [0.5, 0.6) is 0 Å². The van der Waals surface area contributed by atoms with Gasteiger partial charge < -0.3 is 5.32 Å². The Hall–Kier alpha value is -1.87. The van der Waals surface area contributed by atoms with Gasteiger partial charge in [0.25, 0.3) is 0 Å². The molecule has 104 valence electrons. The van der Waals surface area contributed by atoms with Gasteiger partial charge >= 0.3 is 0 Å². The van der Waals surface area contributed by atoms with E-state index in [1.807, 2.05) is 36.4 Å². The van der Waals surface area contributed by atoms with Crippen LogP contribution in [0.15, 0.2) is 55.1 Å². The molecule has 3 heteroatoms. The lowest BCUT2D eigenvalue weighted by atomic mass is 10.1. The zero-order valence-corrected chi connectivity index (χ0v) is 12.7. The van der Waals surface area contributed by atoms with E-state index in [4.69, 9.17) is 0 Å². The lowest BCUT2D eigenvalue weighted by molar-refractivity contribution is 0.686. The first-order valence-corrected chi connectivity index (χ1v) is 8.19. The van der Waals surface area contributed by atoms with Crippen LogP contribution in [0.1, 0.15) is 16.7 Å². The number of hydrogen-bond acceptors (Lipinski definition) is 2. The van der Waals surface area contributed by atoms with Gasteiger partial charge in [0.15, 0.2) is 0 Å². The minimum Gasteiger partial charge on any atom is -0.356 e. The Labute approximate surface area is 123 Å². The molecule has 0 spiro atoms. The van der Waals surface area contributed by atoms with Gasteiger partial charge in [0.1, 0.15) is 0 Å². The smallest absolute Gasteiger partial charge is 0.0482 e. The van der Waals surface area contributed by atoms with Crippen molar-refractivity contribution in [3.8, 4) is 0 Å². The maximum atomic E-state index is 11.2. The van der Waals surface area contributed by atoms with Gasteiger partial charge in [-0.15, -0.1) is 0 Å². The minimum absolute atomic E-state index is 0.595. The maximum Gasteiger partial charge on any atom is 0.0482 e. The average molecular weight is 285 g/mol. The van der Waals surface area contributed by atoms with Crippen LogP contribution in [0, 0.1) is 6.92 Å². The van der Waals surface area contributed by atoms with E-state index in [1.54, 1.807) is 6.26 Å². The molecule has 0 saturated heterocycles. The molecule has 1 unspecified atom stereocenters. The van der Waals surface area contributed by atoms with Crippen LogP contribution in [0.2, 0.25) is 0 Å². The normalized spacial score (nSPS) is 11.9. The van der Waals surface area contributed by atoms with E-state index in [1.165, 1.54) is 5.56 Å². The van der Waals surface area contributed by atoms with Crippen molar-refractivity contribution in [1.29, 1.82) is 0 Å². The highest BCUT2D eigenvalue weighted by molar-refractivity contribution is 7.83.